The minimum absolute atomic E-state index is 0.146. The van der Waals surface area contributed by atoms with Crippen LogP contribution in [0.15, 0.2) is 60.3 Å². The van der Waals surface area contributed by atoms with Gasteiger partial charge in [-0.1, -0.05) is 30.0 Å². The third-order valence-corrected chi connectivity index (χ3v) is 6.00. The number of hydrogen-bond acceptors (Lipinski definition) is 7. The van der Waals surface area contributed by atoms with Crippen LogP contribution in [0.4, 0.5) is 5.69 Å². The third kappa shape index (κ3) is 6.48. The number of ether oxygens (including phenoxy) is 2. The standard InChI is InChI=1S/C25H28N4O4S/c1-5-14-29-22(15-33-21-9-7-8-17(3)18(21)4)27-28-25(29)34-16-23(30)26-20-12-10-19(11-13-20)24(31)32-6-2/h5,7-13H,1,6,14-16H2,2-4H3,(H,26,30). The van der Waals surface area contributed by atoms with Crippen molar-refractivity contribution in [3.63, 3.8) is 0 Å². The highest BCUT2D eigenvalue weighted by atomic mass is 32.2. The Labute approximate surface area is 203 Å². The molecular weight excluding hydrogens is 452 g/mol. The number of anilines is 1. The molecule has 1 amide bonds. The number of amides is 1. The Morgan fingerprint density at radius 1 is 1.15 bits per heavy atom. The molecule has 3 rings (SSSR count). The highest BCUT2D eigenvalue weighted by molar-refractivity contribution is 7.99. The van der Waals surface area contributed by atoms with E-state index in [2.05, 4.69) is 22.1 Å². The highest BCUT2D eigenvalue weighted by Crippen LogP contribution is 2.23. The van der Waals surface area contributed by atoms with Gasteiger partial charge >= 0.3 is 5.97 Å². The minimum Gasteiger partial charge on any atom is -0.485 e. The van der Waals surface area contributed by atoms with E-state index < -0.39 is 5.97 Å². The number of carbonyl (C=O) groups is 2. The Hall–Kier alpha value is -3.59. The maximum Gasteiger partial charge on any atom is 0.338 e. The summed E-state index contributed by atoms with van der Waals surface area (Å²) in [6.45, 7) is 10.7. The molecule has 0 atom stereocenters. The first-order valence-electron chi connectivity index (χ1n) is 10.8. The predicted octanol–water partition coefficient (Wildman–Crippen LogP) is 4.57. The largest absolute Gasteiger partial charge is 0.485 e. The molecule has 2 aromatic carbocycles. The number of hydrogen-bond donors (Lipinski definition) is 1. The van der Waals surface area contributed by atoms with E-state index in [0.29, 0.717) is 35.4 Å². The lowest BCUT2D eigenvalue weighted by Gasteiger charge is -2.12. The second kappa shape index (κ2) is 12.0. The number of allylic oxidation sites excluding steroid dienone is 1. The molecular formula is C25H28N4O4S. The van der Waals surface area contributed by atoms with E-state index >= 15 is 0 Å². The zero-order chi connectivity index (χ0) is 24.5. The van der Waals surface area contributed by atoms with Crippen molar-refractivity contribution in [2.24, 2.45) is 0 Å². The van der Waals surface area contributed by atoms with Gasteiger partial charge in [0.05, 0.1) is 17.9 Å². The molecule has 3 aromatic rings. The fourth-order valence-corrected chi connectivity index (χ4v) is 3.87. The van der Waals surface area contributed by atoms with E-state index in [0.717, 1.165) is 16.9 Å². The van der Waals surface area contributed by atoms with Crippen molar-refractivity contribution in [3.05, 3.63) is 77.6 Å². The van der Waals surface area contributed by atoms with E-state index in [1.165, 1.54) is 11.8 Å². The van der Waals surface area contributed by atoms with Gasteiger partial charge < -0.3 is 14.8 Å². The van der Waals surface area contributed by atoms with Crippen LogP contribution in [0.25, 0.3) is 0 Å². The monoisotopic (exact) mass is 480 g/mol. The van der Waals surface area contributed by atoms with Gasteiger partial charge in [0.25, 0.3) is 0 Å². The molecule has 0 saturated carbocycles. The van der Waals surface area contributed by atoms with Crippen molar-refractivity contribution < 1.29 is 19.1 Å². The van der Waals surface area contributed by atoms with Crippen LogP contribution in [0.1, 0.15) is 34.2 Å². The average Bonchev–Trinajstić information content (AvgIpc) is 3.21. The number of esters is 1. The first-order valence-corrected chi connectivity index (χ1v) is 11.8. The summed E-state index contributed by atoms with van der Waals surface area (Å²) < 4.78 is 12.8. The van der Waals surface area contributed by atoms with E-state index in [9.17, 15) is 9.59 Å². The van der Waals surface area contributed by atoms with Gasteiger partial charge in [-0.2, -0.15) is 0 Å². The smallest absolute Gasteiger partial charge is 0.338 e. The fraction of sp³-hybridized carbons (Fsp3) is 0.280. The Morgan fingerprint density at radius 3 is 2.62 bits per heavy atom. The van der Waals surface area contributed by atoms with Crippen LogP contribution in [0.2, 0.25) is 0 Å². The maximum absolute atomic E-state index is 12.4. The lowest BCUT2D eigenvalue weighted by atomic mass is 10.1. The molecule has 0 unspecified atom stereocenters. The number of carbonyl (C=O) groups excluding carboxylic acids is 2. The Balaban J connectivity index is 1.59. The Kier molecular flexibility index (Phi) is 8.86. The molecule has 0 aliphatic carbocycles. The fourth-order valence-electron chi connectivity index (χ4n) is 3.10. The molecule has 0 aliphatic heterocycles. The molecule has 0 spiro atoms. The number of benzene rings is 2. The van der Waals surface area contributed by atoms with E-state index in [1.54, 1.807) is 37.3 Å². The zero-order valence-corrected chi connectivity index (χ0v) is 20.4. The van der Waals surface area contributed by atoms with Gasteiger partial charge in [-0.25, -0.2) is 4.79 Å². The van der Waals surface area contributed by atoms with Crippen LogP contribution in [0.5, 0.6) is 5.75 Å². The molecule has 1 N–H and O–H groups in total. The number of nitrogens with zero attached hydrogens (tertiary/aromatic N) is 3. The van der Waals surface area contributed by atoms with Crippen molar-refractivity contribution in [2.45, 2.75) is 39.1 Å². The number of thioether (sulfide) groups is 1. The van der Waals surface area contributed by atoms with Crippen LogP contribution in [-0.4, -0.2) is 39.0 Å². The molecule has 178 valence electrons. The SMILES string of the molecule is C=CCn1c(COc2cccc(C)c2C)nnc1SCC(=O)Nc1ccc(C(=O)OCC)cc1. The van der Waals surface area contributed by atoms with Crippen molar-refractivity contribution >= 4 is 29.3 Å². The average molecular weight is 481 g/mol. The summed E-state index contributed by atoms with van der Waals surface area (Å²) in [5.41, 5.74) is 3.26. The third-order valence-electron chi connectivity index (χ3n) is 5.03. The summed E-state index contributed by atoms with van der Waals surface area (Å²) in [5.74, 6) is 1.01. The first kappa shape index (κ1) is 25.0. The maximum atomic E-state index is 12.4. The van der Waals surface area contributed by atoms with E-state index in [1.807, 2.05) is 36.6 Å². The zero-order valence-electron chi connectivity index (χ0n) is 19.5. The summed E-state index contributed by atoms with van der Waals surface area (Å²) in [5, 5.41) is 11.9. The normalized spacial score (nSPS) is 10.6. The van der Waals surface area contributed by atoms with E-state index in [4.69, 9.17) is 9.47 Å². The molecule has 0 radical (unpaired) electrons. The second-order valence-electron chi connectivity index (χ2n) is 7.42. The molecule has 9 heteroatoms. The number of aryl methyl sites for hydroxylation is 1. The van der Waals surface area contributed by atoms with Crippen LogP contribution >= 0.6 is 11.8 Å². The van der Waals surface area contributed by atoms with Crippen LogP contribution in [0.3, 0.4) is 0 Å². The van der Waals surface area contributed by atoms with Gasteiger partial charge in [-0.05, 0) is 62.2 Å². The van der Waals surface area contributed by atoms with Gasteiger partial charge in [-0.3, -0.25) is 9.36 Å². The summed E-state index contributed by atoms with van der Waals surface area (Å²) in [6.07, 6.45) is 1.75. The quantitative estimate of drug-likeness (QED) is 0.244. The predicted molar refractivity (Wildman–Crippen MR) is 132 cm³/mol. The topological polar surface area (TPSA) is 95.3 Å². The molecule has 34 heavy (non-hydrogen) atoms. The molecule has 0 saturated heterocycles. The van der Waals surface area contributed by atoms with Crippen LogP contribution in [0, 0.1) is 13.8 Å². The number of rotatable bonds is 11. The van der Waals surface area contributed by atoms with Crippen molar-refractivity contribution in [3.8, 4) is 5.75 Å². The van der Waals surface area contributed by atoms with E-state index in [-0.39, 0.29) is 18.3 Å². The van der Waals surface area contributed by atoms with Gasteiger partial charge in [-0.15, -0.1) is 16.8 Å². The molecule has 0 aliphatic rings. The van der Waals surface area contributed by atoms with Crippen LogP contribution < -0.4 is 10.1 Å². The molecule has 8 nitrogen and oxygen atoms in total. The van der Waals surface area contributed by atoms with Crippen LogP contribution in [-0.2, 0) is 22.7 Å². The summed E-state index contributed by atoms with van der Waals surface area (Å²) in [4.78, 5) is 24.2. The number of aromatic nitrogens is 3. The van der Waals surface area contributed by atoms with Gasteiger partial charge in [0.2, 0.25) is 5.91 Å². The second-order valence-corrected chi connectivity index (χ2v) is 8.36. The highest BCUT2D eigenvalue weighted by Gasteiger charge is 2.15. The minimum atomic E-state index is -0.394. The Morgan fingerprint density at radius 2 is 1.91 bits per heavy atom. The molecule has 1 aromatic heterocycles. The number of nitrogens with one attached hydrogen (secondary N) is 1. The van der Waals surface area contributed by atoms with Gasteiger partial charge in [0.15, 0.2) is 11.0 Å². The summed E-state index contributed by atoms with van der Waals surface area (Å²) in [7, 11) is 0. The molecule has 1 heterocycles. The Bertz CT molecular complexity index is 1160. The van der Waals surface area contributed by atoms with Gasteiger partial charge in [0.1, 0.15) is 12.4 Å². The van der Waals surface area contributed by atoms with Crippen molar-refractivity contribution in [1.29, 1.82) is 0 Å². The summed E-state index contributed by atoms with van der Waals surface area (Å²) in [6, 6.07) is 12.5. The summed E-state index contributed by atoms with van der Waals surface area (Å²) >= 11 is 1.28. The van der Waals surface area contributed by atoms with Crippen molar-refractivity contribution in [1.82, 2.24) is 14.8 Å². The first-order chi connectivity index (χ1) is 16.4. The van der Waals surface area contributed by atoms with Gasteiger partial charge in [0, 0.05) is 12.2 Å². The molecule has 0 bridgehead atoms. The lowest BCUT2D eigenvalue weighted by Crippen LogP contribution is -2.15. The van der Waals surface area contributed by atoms with Crippen molar-refractivity contribution in [2.75, 3.05) is 17.7 Å². The molecule has 0 fully saturated rings. The lowest BCUT2D eigenvalue weighted by molar-refractivity contribution is -0.113.